The van der Waals surface area contributed by atoms with Crippen molar-refractivity contribution in [3.05, 3.63) is 264 Å². The summed E-state index contributed by atoms with van der Waals surface area (Å²) in [5.74, 6) is 0. The molecule has 2 atom stereocenters. The van der Waals surface area contributed by atoms with E-state index >= 15 is 9.13 Å². The van der Waals surface area contributed by atoms with Gasteiger partial charge in [-0.1, -0.05) is 130 Å². The van der Waals surface area contributed by atoms with E-state index in [9.17, 15) is 0 Å². The lowest BCUT2D eigenvalue weighted by Crippen LogP contribution is -2.49. The molecule has 0 saturated heterocycles. The Morgan fingerprint density at radius 3 is 0.628 bits per heavy atom. The Labute approximate surface area is 500 Å². The summed E-state index contributed by atoms with van der Waals surface area (Å²) < 4.78 is 37.0. The van der Waals surface area contributed by atoms with Crippen molar-refractivity contribution in [3.63, 3.8) is 0 Å². The maximum Gasteiger partial charge on any atom is 0.183 e. The highest BCUT2D eigenvalue weighted by molar-refractivity contribution is 7.88. The highest BCUT2D eigenvalue weighted by atomic mass is 31.2. The van der Waals surface area contributed by atoms with Crippen LogP contribution in [0.4, 0.5) is 102 Å². The number of fused-ring (bicyclic) bond motifs is 3. The van der Waals surface area contributed by atoms with Crippen molar-refractivity contribution in [3.8, 4) is 0 Å². The van der Waals surface area contributed by atoms with Gasteiger partial charge < -0.3 is 38.5 Å². The van der Waals surface area contributed by atoms with E-state index in [1.807, 2.05) is 0 Å². The molecular weight excluding hydrogens is 1090 g/mol. The van der Waals surface area contributed by atoms with E-state index in [0.29, 0.717) is 0 Å². The van der Waals surface area contributed by atoms with Crippen LogP contribution in [0.25, 0.3) is 10.8 Å². The summed E-state index contributed by atoms with van der Waals surface area (Å²) >= 11 is 0. The average molecular weight is 1150 g/mol. The third-order valence-electron chi connectivity index (χ3n) is 18.8. The largest absolute Gasteiger partial charge is 0.309 e. The fraction of sp³-hybridized carbons (Fsp3) is 0.0789. The first-order valence-corrected chi connectivity index (χ1v) is 33.0. The van der Waals surface area contributed by atoms with Crippen molar-refractivity contribution in [1.82, 2.24) is 0 Å². The Bertz CT molecular complexity index is 4710. The Morgan fingerprint density at radius 1 is 0.221 bits per heavy atom. The highest BCUT2D eigenvalue weighted by Gasteiger charge is 2.58. The molecule has 0 radical (unpaired) electrons. The molecule has 0 bridgehead atoms. The number of anilines is 18. The van der Waals surface area contributed by atoms with Crippen molar-refractivity contribution in [1.29, 1.82) is 0 Å². The molecule has 412 valence electrons. The van der Waals surface area contributed by atoms with Gasteiger partial charge in [0.15, 0.2) is 14.3 Å². The summed E-state index contributed by atoms with van der Waals surface area (Å²) in [6.07, 6.45) is 0. The van der Waals surface area contributed by atoms with E-state index in [1.54, 1.807) is 0 Å². The second-order valence-corrected chi connectivity index (χ2v) is 29.2. The Hall–Kier alpha value is -9.84. The Balaban J connectivity index is 1.06. The van der Waals surface area contributed by atoms with Crippen LogP contribution in [0.5, 0.6) is 0 Å². The van der Waals surface area contributed by atoms with Crippen LogP contribution < -0.4 is 61.2 Å². The summed E-state index contributed by atoms with van der Waals surface area (Å²) in [4.78, 5) is 14.2. The van der Waals surface area contributed by atoms with Gasteiger partial charge in [0, 0.05) is 44.9 Å². The van der Waals surface area contributed by atoms with Gasteiger partial charge in [-0.3, -0.25) is 0 Å². The Kier molecular flexibility index (Phi) is 10.0. The van der Waals surface area contributed by atoms with Gasteiger partial charge >= 0.3 is 0 Å². The summed E-state index contributed by atoms with van der Waals surface area (Å²) in [6, 6.07) is 83.1. The van der Waals surface area contributed by atoms with Crippen molar-refractivity contribution < 1.29 is 9.13 Å². The molecule has 6 aliphatic heterocycles. The maximum atomic E-state index is 18.5. The van der Waals surface area contributed by atoms with Crippen LogP contribution in [-0.4, -0.2) is 0 Å². The average Bonchev–Trinajstić information content (AvgIpc) is 0.658. The highest BCUT2D eigenvalue weighted by Crippen LogP contribution is 2.72. The third-order valence-corrected chi connectivity index (χ3v) is 25.3. The van der Waals surface area contributed by atoms with Gasteiger partial charge in [0.1, 0.15) is 0 Å². The van der Waals surface area contributed by atoms with Crippen LogP contribution >= 0.6 is 14.3 Å². The molecule has 0 aromatic heterocycles. The number of benzene rings is 12. The predicted octanol–water partition coefficient (Wildman–Crippen LogP) is 18.7. The molecule has 18 rings (SSSR count). The van der Waals surface area contributed by atoms with Crippen molar-refractivity contribution in [2.24, 2.45) is 0 Å². The monoisotopic (exact) mass is 1150 g/mol. The van der Waals surface area contributed by atoms with E-state index in [0.717, 1.165) is 178 Å². The second kappa shape index (κ2) is 17.4. The Morgan fingerprint density at radius 2 is 0.407 bits per heavy atom. The number of aryl methyl sites for hydroxylation is 6. The molecule has 0 amide bonds. The van der Waals surface area contributed by atoms with Crippen LogP contribution in [-0.2, 0) is 9.13 Å². The SMILES string of the molecule is Cc1ccc(N2c3cccc4c3P3(=O)c5c2cccc5N(c2ccc(C)cc2)c2c3c(cc3c5c6c(cc23)N(c2ccc(C)cc2)c2cccc3c2P6(=O)c2c(cccc2N5c2ccc(C)cc2)N3c2ccc(C)cc2)N4c2ccc(C)cc2)cc1. The molecule has 0 saturated carbocycles. The summed E-state index contributed by atoms with van der Waals surface area (Å²) in [5, 5.41) is 6.60. The minimum Gasteiger partial charge on any atom is -0.309 e. The van der Waals surface area contributed by atoms with Crippen LogP contribution in [0, 0.1) is 41.5 Å². The quantitative estimate of drug-likeness (QED) is 0.153. The maximum absolute atomic E-state index is 18.5. The smallest absolute Gasteiger partial charge is 0.183 e. The molecule has 0 spiro atoms. The van der Waals surface area contributed by atoms with Crippen LogP contribution in [0.1, 0.15) is 33.4 Å². The second-order valence-electron chi connectivity index (χ2n) is 24.1. The fourth-order valence-corrected chi connectivity index (χ4v) is 22.3. The van der Waals surface area contributed by atoms with Gasteiger partial charge in [0.05, 0.1) is 100 Å². The number of hydrogen-bond acceptors (Lipinski definition) is 8. The van der Waals surface area contributed by atoms with E-state index < -0.39 is 14.3 Å². The molecule has 0 fully saturated rings. The van der Waals surface area contributed by atoms with E-state index in [4.69, 9.17) is 0 Å². The van der Waals surface area contributed by atoms with Gasteiger partial charge in [-0.05, 0) is 175 Å². The molecule has 12 aromatic carbocycles. The molecule has 6 heterocycles. The lowest BCUT2D eigenvalue weighted by atomic mass is 9.97. The topological polar surface area (TPSA) is 53.6 Å². The van der Waals surface area contributed by atoms with Gasteiger partial charge in [0.25, 0.3) is 0 Å². The number of hydrogen-bond donors (Lipinski definition) is 0. The molecule has 6 aliphatic rings. The van der Waals surface area contributed by atoms with Gasteiger partial charge in [-0.15, -0.1) is 0 Å². The minimum absolute atomic E-state index is 0.778. The lowest BCUT2D eigenvalue weighted by Gasteiger charge is -2.51. The molecule has 10 heteroatoms. The number of rotatable bonds is 6. The van der Waals surface area contributed by atoms with Crippen LogP contribution in [0.3, 0.4) is 0 Å². The molecule has 12 aromatic rings. The van der Waals surface area contributed by atoms with Crippen molar-refractivity contribution in [2.75, 3.05) is 29.4 Å². The van der Waals surface area contributed by atoms with Gasteiger partial charge in [-0.25, -0.2) is 0 Å². The fourth-order valence-electron chi connectivity index (χ4n) is 14.9. The first kappa shape index (κ1) is 49.6. The normalized spacial score (nSPS) is 17.5. The third kappa shape index (κ3) is 6.34. The van der Waals surface area contributed by atoms with Crippen molar-refractivity contribution in [2.45, 2.75) is 41.5 Å². The minimum atomic E-state index is -3.87. The zero-order valence-electron chi connectivity index (χ0n) is 48.3. The lowest BCUT2D eigenvalue weighted by molar-refractivity contribution is 0.591. The van der Waals surface area contributed by atoms with Crippen molar-refractivity contribution >= 4 is 159 Å². The molecular formula is C76H56N6O2P2. The zero-order valence-corrected chi connectivity index (χ0v) is 50.1. The van der Waals surface area contributed by atoms with Gasteiger partial charge in [-0.2, -0.15) is 0 Å². The molecule has 8 nitrogen and oxygen atoms in total. The predicted molar refractivity (Wildman–Crippen MR) is 361 cm³/mol. The molecule has 2 unspecified atom stereocenters. The summed E-state index contributed by atoms with van der Waals surface area (Å²) in [6.45, 7) is 12.8. The van der Waals surface area contributed by atoms with Crippen LogP contribution in [0.15, 0.2) is 231 Å². The molecule has 0 aliphatic carbocycles. The van der Waals surface area contributed by atoms with Gasteiger partial charge in [0.2, 0.25) is 0 Å². The standard InChI is InChI=1S/C76H56N6O2P2/c1-45-19-31-51(32-20-45)77-59-11-7-15-63-71(59)85(83)73-61(77)13-9-17-65(73)81(55-39-27-49(5)28-40-55)69-57-44-68-76-70(58(57)43-67(75(69)85)79(63)53-35-23-47(3)24-36-53)82(56-41-29-50(6)30-42-56)66-18-10-14-62-74(66)86(76,84)72-60(78(62)52-33-21-46(2)22-34-52)12-8-16-64(72)80(68)54-37-25-48(4)26-38-54/h7-44H,1-6H3. The zero-order chi connectivity index (χ0) is 57.8. The van der Waals surface area contributed by atoms with Crippen LogP contribution in [0.2, 0.25) is 0 Å². The molecule has 86 heavy (non-hydrogen) atoms. The summed E-state index contributed by atoms with van der Waals surface area (Å²) in [7, 11) is -7.74. The molecule has 0 N–H and O–H groups in total. The first-order chi connectivity index (χ1) is 41.9. The van der Waals surface area contributed by atoms with E-state index in [-0.39, 0.29) is 0 Å². The van der Waals surface area contributed by atoms with E-state index in [1.165, 1.54) is 0 Å². The number of nitrogens with zero attached hydrogens (tertiary/aromatic N) is 6. The summed E-state index contributed by atoms with van der Waals surface area (Å²) in [5.41, 5.74) is 23.0. The van der Waals surface area contributed by atoms with E-state index in [2.05, 4.69) is 301 Å². The first-order valence-electron chi connectivity index (χ1n) is 29.5.